The van der Waals surface area contributed by atoms with Gasteiger partial charge < -0.3 is 9.47 Å². The highest BCUT2D eigenvalue weighted by molar-refractivity contribution is 9.10. The molecule has 27 heavy (non-hydrogen) atoms. The zero-order valence-corrected chi connectivity index (χ0v) is 16.7. The van der Waals surface area contributed by atoms with E-state index in [1.807, 2.05) is 24.3 Å². The first kappa shape index (κ1) is 20.7. The van der Waals surface area contributed by atoms with E-state index < -0.39 is 23.3 Å². The molecule has 1 fully saturated rings. The predicted molar refractivity (Wildman–Crippen MR) is 100 cm³/mol. The molecule has 0 N–H and O–H groups in total. The largest absolute Gasteiger partial charge is 0.462 e. The molecule has 0 aliphatic heterocycles. The van der Waals surface area contributed by atoms with Gasteiger partial charge in [0.05, 0.1) is 25.4 Å². The van der Waals surface area contributed by atoms with Crippen LogP contribution in [0, 0.1) is 28.1 Å². The van der Waals surface area contributed by atoms with Gasteiger partial charge in [-0.3, -0.25) is 0 Å². The van der Waals surface area contributed by atoms with Gasteiger partial charge >= 0.3 is 11.9 Å². The predicted octanol–water partition coefficient (Wildman–Crippen LogP) is 3.78. The summed E-state index contributed by atoms with van der Waals surface area (Å²) in [4.78, 5) is 24.7. The van der Waals surface area contributed by atoms with E-state index in [0.29, 0.717) is 5.57 Å². The number of hydrogen-bond donors (Lipinski definition) is 0. The van der Waals surface area contributed by atoms with Crippen molar-refractivity contribution in [3.05, 3.63) is 45.4 Å². The molecule has 1 unspecified atom stereocenters. The van der Waals surface area contributed by atoms with Gasteiger partial charge in [-0.2, -0.15) is 10.5 Å². The van der Waals surface area contributed by atoms with Crippen LogP contribution in [0.15, 0.2) is 39.9 Å². The highest BCUT2D eigenvalue weighted by atomic mass is 79.9. The van der Waals surface area contributed by atoms with Crippen LogP contribution < -0.4 is 0 Å². The molecule has 0 spiro atoms. The van der Waals surface area contributed by atoms with Crippen molar-refractivity contribution in [2.75, 3.05) is 13.2 Å². The van der Waals surface area contributed by atoms with Gasteiger partial charge in [0.1, 0.15) is 5.57 Å². The third-order valence-corrected chi connectivity index (χ3v) is 5.05. The molecule has 7 heteroatoms. The first-order valence-corrected chi connectivity index (χ1v) is 9.35. The van der Waals surface area contributed by atoms with Crippen LogP contribution >= 0.6 is 15.9 Å². The molecular formula is C20H19BrN2O4. The SMILES string of the molecule is CCOC(=O)C(C(=O)OCC)=C1CC(c2ccc(Br)cc2)C(C#N)(C#N)C1. The zero-order chi connectivity index (χ0) is 20.0. The van der Waals surface area contributed by atoms with Gasteiger partial charge in [-0.25, -0.2) is 9.59 Å². The van der Waals surface area contributed by atoms with E-state index in [-0.39, 0.29) is 31.6 Å². The van der Waals surface area contributed by atoms with Crippen molar-refractivity contribution in [3.63, 3.8) is 0 Å². The van der Waals surface area contributed by atoms with Crippen molar-refractivity contribution in [1.29, 1.82) is 10.5 Å². The molecule has 1 aromatic rings. The van der Waals surface area contributed by atoms with Gasteiger partial charge in [-0.15, -0.1) is 0 Å². The van der Waals surface area contributed by atoms with Crippen LogP contribution in [0.4, 0.5) is 0 Å². The Morgan fingerprint density at radius 2 is 1.63 bits per heavy atom. The fourth-order valence-electron chi connectivity index (χ4n) is 3.28. The van der Waals surface area contributed by atoms with E-state index in [0.717, 1.165) is 10.0 Å². The summed E-state index contributed by atoms with van der Waals surface area (Å²) in [5, 5.41) is 19.5. The lowest BCUT2D eigenvalue weighted by Crippen LogP contribution is -2.21. The Morgan fingerprint density at radius 1 is 1.11 bits per heavy atom. The van der Waals surface area contributed by atoms with Crippen LogP contribution in [-0.2, 0) is 19.1 Å². The number of nitrogens with zero attached hydrogens (tertiary/aromatic N) is 2. The van der Waals surface area contributed by atoms with Crippen molar-refractivity contribution < 1.29 is 19.1 Å². The molecule has 140 valence electrons. The van der Waals surface area contributed by atoms with Crippen molar-refractivity contribution in [2.24, 2.45) is 5.41 Å². The summed E-state index contributed by atoms with van der Waals surface area (Å²) >= 11 is 3.36. The maximum absolute atomic E-state index is 12.4. The molecule has 1 aliphatic rings. The summed E-state index contributed by atoms with van der Waals surface area (Å²) in [6.45, 7) is 3.48. The second-order valence-corrected chi connectivity index (χ2v) is 7.02. The van der Waals surface area contributed by atoms with Crippen molar-refractivity contribution in [3.8, 4) is 12.1 Å². The Hall–Kier alpha value is -2.64. The molecule has 0 radical (unpaired) electrons. The second kappa shape index (κ2) is 8.83. The minimum atomic E-state index is -1.37. The van der Waals surface area contributed by atoms with Gasteiger partial charge in [0, 0.05) is 16.8 Å². The van der Waals surface area contributed by atoms with E-state index in [1.54, 1.807) is 13.8 Å². The number of carbonyl (C=O) groups excluding carboxylic acids is 2. The Kier molecular flexibility index (Phi) is 6.76. The van der Waals surface area contributed by atoms with E-state index >= 15 is 0 Å². The Bertz CT molecular complexity index is 812. The number of nitriles is 2. The molecule has 0 bridgehead atoms. The maximum atomic E-state index is 12.4. The minimum absolute atomic E-state index is 0.00626. The summed E-state index contributed by atoms with van der Waals surface area (Å²) in [5.74, 6) is -2.03. The number of carbonyl (C=O) groups is 2. The normalized spacial score (nSPS) is 17.5. The Labute approximate surface area is 166 Å². The highest BCUT2D eigenvalue weighted by Gasteiger charge is 2.49. The van der Waals surface area contributed by atoms with Gasteiger partial charge in [0.15, 0.2) is 5.41 Å². The van der Waals surface area contributed by atoms with Gasteiger partial charge in [0.25, 0.3) is 0 Å². The smallest absolute Gasteiger partial charge is 0.345 e. The van der Waals surface area contributed by atoms with Crippen LogP contribution in [0.2, 0.25) is 0 Å². The average Bonchev–Trinajstić information content (AvgIpc) is 3.03. The monoisotopic (exact) mass is 430 g/mol. The fraction of sp³-hybridized carbons (Fsp3) is 0.400. The molecule has 1 aromatic carbocycles. The van der Waals surface area contributed by atoms with Crippen LogP contribution in [0.5, 0.6) is 0 Å². The number of hydrogen-bond acceptors (Lipinski definition) is 6. The topological polar surface area (TPSA) is 100 Å². The van der Waals surface area contributed by atoms with Gasteiger partial charge in [-0.1, -0.05) is 28.1 Å². The summed E-state index contributed by atoms with van der Waals surface area (Å²) in [5.41, 5.74) is -0.354. The number of ether oxygens (including phenoxy) is 2. The minimum Gasteiger partial charge on any atom is -0.462 e. The molecule has 6 nitrogen and oxygen atoms in total. The molecule has 1 saturated carbocycles. The van der Waals surface area contributed by atoms with Crippen LogP contribution in [-0.4, -0.2) is 25.2 Å². The van der Waals surface area contributed by atoms with Crippen molar-refractivity contribution in [2.45, 2.75) is 32.6 Å². The first-order chi connectivity index (χ1) is 12.9. The molecule has 2 rings (SSSR count). The van der Waals surface area contributed by atoms with Crippen molar-refractivity contribution in [1.82, 2.24) is 0 Å². The van der Waals surface area contributed by atoms with Crippen LogP contribution in [0.3, 0.4) is 0 Å². The van der Waals surface area contributed by atoms with Crippen LogP contribution in [0.1, 0.15) is 38.2 Å². The zero-order valence-electron chi connectivity index (χ0n) is 15.1. The van der Waals surface area contributed by atoms with E-state index in [4.69, 9.17) is 9.47 Å². The quantitative estimate of drug-likeness (QED) is 0.305. The number of esters is 2. The number of benzene rings is 1. The Morgan fingerprint density at radius 3 is 2.07 bits per heavy atom. The number of rotatable bonds is 5. The van der Waals surface area contributed by atoms with E-state index in [2.05, 4.69) is 28.1 Å². The Balaban J connectivity index is 2.56. The molecule has 0 aromatic heterocycles. The average molecular weight is 431 g/mol. The van der Waals surface area contributed by atoms with Crippen molar-refractivity contribution >= 4 is 27.9 Å². The lowest BCUT2D eigenvalue weighted by atomic mass is 9.77. The van der Waals surface area contributed by atoms with Gasteiger partial charge in [0.2, 0.25) is 0 Å². The van der Waals surface area contributed by atoms with E-state index in [1.165, 1.54) is 0 Å². The summed E-state index contributed by atoms with van der Waals surface area (Å²) in [6, 6.07) is 11.5. The number of halogens is 1. The highest BCUT2D eigenvalue weighted by Crippen LogP contribution is 2.52. The molecule has 1 atom stereocenters. The van der Waals surface area contributed by atoms with E-state index in [9.17, 15) is 20.1 Å². The molecule has 1 aliphatic carbocycles. The third-order valence-electron chi connectivity index (χ3n) is 4.52. The summed E-state index contributed by atoms with van der Waals surface area (Å²) in [6.07, 6.45) is 0.226. The lowest BCUT2D eigenvalue weighted by molar-refractivity contribution is -0.146. The molecule has 0 heterocycles. The molecule has 0 saturated heterocycles. The number of allylic oxidation sites excluding steroid dienone is 1. The fourth-order valence-corrected chi connectivity index (χ4v) is 3.54. The van der Waals surface area contributed by atoms with Gasteiger partial charge in [-0.05, 0) is 43.5 Å². The summed E-state index contributed by atoms with van der Waals surface area (Å²) in [7, 11) is 0. The summed E-state index contributed by atoms with van der Waals surface area (Å²) < 4.78 is 10.9. The lowest BCUT2D eigenvalue weighted by Gasteiger charge is -2.20. The first-order valence-electron chi connectivity index (χ1n) is 8.56. The second-order valence-electron chi connectivity index (χ2n) is 6.10. The maximum Gasteiger partial charge on any atom is 0.345 e. The molecule has 0 amide bonds. The van der Waals surface area contributed by atoms with Crippen LogP contribution in [0.25, 0.3) is 0 Å². The molecular weight excluding hydrogens is 412 g/mol. The third kappa shape index (κ3) is 4.20. The standard InChI is InChI=1S/C20H19BrN2O4/c1-3-26-18(24)17(19(25)27-4-2)14-9-16(20(10-14,11-22)12-23)13-5-7-15(21)8-6-13/h5-8,16H,3-4,9-10H2,1-2H3.